The van der Waals surface area contributed by atoms with Crippen molar-refractivity contribution >= 4 is 32.3 Å². The maximum Gasteiger partial charge on any atom is 0.0165 e. The third-order valence-electron chi connectivity index (χ3n) is 8.96. The average molecular weight is 435 g/mol. The highest BCUT2D eigenvalue weighted by atomic mass is 14.4. The standard InChI is InChI=1S/C34H26/c1-33(2)27-12-8-6-10-22(27)31-23-15-13-19-17-25-21-9-5-7-11-26(21)34(3,4)32(25)24-16-14-20(18-28(31)33)29(23)30(19)24/h5-18H,1-4H3. The van der Waals surface area contributed by atoms with E-state index < -0.39 is 0 Å². The Hall–Kier alpha value is -3.64. The summed E-state index contributed by atoms with van der Waals surface area (Å²) in [4.78, 5) is 0. The van der Waals surface area contributed by atoms with Crippen LogP contribution in [0.25, 0.3) is 54.6 Å². The molecule has 0 aliphatic heterocycles. The summed E-state index contributed by atoms with van der Waals surface area (Å²) in [6.45, 7) is 9.54. The van der Waals surface area contributed by atoms with Gasteiger partial charge >= 0.3 is 0 Å². The lowest BCUT2D eigenvalue weighted by atomic mass is 9.77. The normalized spacial score (nSPS) is 16.7. The van der Waals surface area contributed by atoms with Crippen LogP contribution in [0.4, 0.5) is 0 Å². The first kappa shape index (κ1) is 18.7. The summed E-state index contributed by atoms with van der Waals surface area (Å²) in [5.41, 5.74) is 11.5. The van der Waals surface area contributed by atoms with E-state index >= 15 is 0 Å². The molecule has 0 radical (unpaired) electrons. The number of rotatable bonds is 0. The molecule has 0 aromatic heterocycles. The van der Waals surface area contributed by atoms with Gasteiger partial charge in [0.15, 0.2) is 0 Å². The summed E-state index contributed by atoms with van der Waals surface area (Å²) in [7, 11) is 0. The monoisotopic (exact) mass is 434 g/mol. The topological polar surface area (TPSA) is 0 Å². The van der Waals surface area contributed by atoms with Crippen molar-refractivity contribution in [3.63, 3.8) is 0 Å². The van der Waals surface area contributed by atoms with E-state index in [-0.39, 0.29) is 10.8 Å². The number of fused-ring (bicyclic) bond motifs is 8. The summed E-state index contributed by atoms with van der Waals surface area (Å²) in [6, 6.07) is 32.4. The highest BCUT2D eigenvalue weighted by molar-refractivity contribution is 6.28. The van der Waals surface area contributed by atoms with E-state index in [1.165, 1.54) is 76.8 Å². The van der Waals surface area contributed by atoms with Gasteiger partial charge in [-0.1, -0.05) is 100 Å². The summed E-state index contributed by atoms with van der Waals surface area (Å²) >= 11 is 0. The van der Waals surface area contributed by atoms with Crippen LogP contribution < -0.4 is 0 Å². The second kappa shape index (κ2) is 5.70. The van der Waals surface area contributed by atoms with Crippen LogP contribution in [-0.4, -0.2) is 0 Å². The van der Waals surface area contributed by atoms with Crippen molar-refractivity contribution in [1.29, 1.82) is 0 Å². The highest BCUT2D eigenvalue weighted by Crippen LogP contribution is 2.56. The first-order valence-electron chi connectivity index (χ1n) is 12.4. The zero-order valence-electron chi connectivity index (χ0n) is 20.1. The third kappa shape index (κ3) is 1.95. The molecule has 0 heterocycles. The van der Waals surface area contributed by atoms with E-state index in [1.54, 1.807) is 0 Å². The number of hydrogen-bond donors (Lipinski definition) is 0. The van der Waals surface area contributed by atoms with Crippen LogP contribution in [0.3, 0.4) is 0 Å². The molecular formula is C34H26. The van der Waals surface area contributed by atoms with Crippen molar-refractivity contribution < 1.29 is 0 Å². The molecule has 8 rings (SSSR count). The van der Waals surface area contributed by atoms with Gasteiger partial charge in [-0.05, 0) is 89.0 Å². The van der Waals surface area contributed by atoms with Crippen molar-refractivity contribution in [2.45, 2.75) is 38.5 Å². The lowest BCUT2D eigenvalue weighted by molar-refractivity contribution is 0.661. The molecule has 0 saturated heterocycles. The summed E-state index contributed by atoms with van der Waals surface area (Å²) < 4.78 is 0. The third-order valence-corrected chi connectivity index (χ3v) is 8.96. The Morgan fingerprint density at radius 1 is 0.471 bits per heavy atom. The molecule has 6 aromatic carbocycles. The molecule has 2 aliphatic rings. The van der Waals surface area contributed by atoms with Crippen LogP contribution in [0.5, 0.6) is 0 Å². The van der Waals surface area contributed by atoms with Crippen LogP contribution >= 0.6 is 0 Å². The quantitative estimate of drug-likeness (QED) is 0.209. The van der Waals surface area contributed by atoms with E-state index in [1.807, 2.05) is 0 Å². The first-order chi connectivity index (χ1) is 16.4. The van der Waals surface area contributed by atoms with Gasteiger partial charge in [-0.25, -0.2) is 0 Å². The lowest BCUT2D eigenvalue weighted by Crippen LogP contribution is -2.15. The molecule has 0 unspecified atom stereocenters. The smallest absolute Gasteiger partial charge is 0.0165 e. The molecule has 0 bridgehead atoms. The van der Waals surface area contributed by atoms with Crippen LogP contribution in [0.15, 0.2) is 84.9 Å². The van der Waals surface area contributed by atoms with Crippen molar-refractivity contribution in [2.75, 3.05) is 0 Å². The predicted molar refractivity (Wildman–Crippen MR) is 145 cm³/mol. The largest absolute Gasteiger partial charge is 0.0619 e. The molecular weight excluding hydrogens is 408 g/mol. The zero-order chi connectivity index (χ0) is 23.0. The predicted octanol–water partition coefficient (Wildman–Crippen LogP) is 9.20. The molecule has 2 aliphatic carbocycles. The summed E-state index contributed by atoms with van der Waals surface area (Å²) in [5, 5.41) is 8.38. The Bertz CT molecular complexity index is 1840. The lowest BCUT2D eigenvalue weighted by Gasteiger charge is -2.25. The van der Waals surface area contributed by atoms with E-state index in [0.29, 0.717) is 0 Å². The van der Waals surface area contributed by atoms with Gasteiger partial charge in [-0.15, -0.1) is 0 Å². The Kier molecular flexibility index (Phi) is 3.14. The first-order valence-corrected chi connectivity index (χ1v) is 12.4. The molecule has 0 atom stereocenters. The van der Waals surface area contributed by atoms with Gasteiger partial charge in [0.1, 0.15) is 0 Å². The molecule has 0 nitrogen and oxygen atoms in total. The van der Waals surface area contributed by atoms with E-state index in [4.69, 9.17) is 0 Å². The van der Waals surface area contributed by atoms with Crippen LogP contribution in [-0.2, 0) is 10.8 Å². The van der Waals surface area contributed by atoms with Gasteiger partial charge in [-0.3, -0.25) is 0 Å². The molecule has 0 saturated carbocycles. The van der Waals surface area contributed by atoms with Crippen molar-refractivity contribution in [3.05, 3.63) is 107 Å². The van der Waals surface area contributed by atoms with Gasteiger partial charge < -0.3 is 0 Å². The fraction of sp³-hybridized carbons (Fsp3) is 0.176. The fourth-order valence-corrected chi connectivity index (χ4v) is 7.41. The fourth-order valence-electron chi connectivity index (χ4n) is 7.41. The Morgan fingerprint density at radius 2 is 1.06 bits per heavy atom. The van der Waals surface area contributed by atoms with Crippen molar-refractivity contribution in [3.8, 4) is 22.3 Å². The SMILES string of the molecule is CC1(C)c2ccccc2-c2c1cc1ccc3c4c(cc5ccc2c1c53)-c1ccccc1C4(C)C. The second-order valence-corrected chi connectivity index (χ2v) is 11.4. The number of hydrogen-bond acceptors (Lipinski definition) is 0. The van der Waals surface area contributed by atoms with Crippen LogP contribution in [0, 0.1) is 0 Å². The highest BCUT2D eigenvalue weighted by Gasteiger charge is 2.39. The molecule has 0 heteroatoms. The average Bonchev–Trinajstić information content (AvgIpc) is 3.22. The van der Waals surface area contributed by atoms with Gasteiger partial charge in [0.05, 0.1) is 0 Å². The van der Waals surface area contributed by atoms with E-state index in [9.17, 15) is 0 Å². The van der Waals surface area contributed by atoms with Gasteiger partial charge in [-0.2, -0.15) is 0 Å². The van der Waals surface area contributed by atoms with E-state index in [0.717, 1.165) is 0 Å². The summed E-state index contributed by atoms with van der Waals surface area (Å²) in [5.74, 6) is 0. The minimum absolute atomic E-state index is 0.00915. The van der Waals surface area contributed by atoms with Crippen LogP contribution in [0.2, 0.25) is 0 Å². The van der Waals surface area contributed by atoms with Crippen molar-refractivity contribution in [1.82, 2.24) is 0 Å². The zero-order valence-corrected chi connectivity index (χ0v) is 20.1. The Labute approximate surface area is 200 Å². The molecule has 0 N–H and O–H groups in total. The molecule has 0 fully saturated rings. The van der Waals surface area contributed by atoms with Gasteiger partial charge in [0.2, 0.25) is 0 Å². The maximum atomic E-state index is 2.48. The Morgan fingerprint density at radius 3 is 1.82 bits per heavy atom. The van der Waals surface area contributed by atoms with Crippen LogP contribution in [0.1, 0.15) is 49.9 Å². The summed E-state index contributed by atoms with van der Waals surface area (Å²) in [6.07, 6.45) is 0. The minimum atomic E-state index is -0.00915. The van der Waals surface area contributed by atoms with Gasteiger partial charge in [0.25, 0.3) is 0 Å². The molecule has 0 spiro atoms. The molecule has 0 amide bonds. The Balaban J connectivity index is 1.58. The second-order valence-electron chi connectivity index (χ2n) is 11.4. The molecule has 162 valence electrons. The molecule has 34 heavy (non-hydrogen) atoms. The van der Waals surface area contributed by atoms with Gasteiger partial charge in [0, 0.05) is 10.8 Å². The molecule has 6 aromatic rings. The van der Waals surface area contributed by atoms with Crippen molar-refractivity contribution in [2.24, 2.45) is 0 Å². The minimum Gasteiger partial charge on any atom is -0.0619 e. The van der Waals surface area contributed by atoms with E-state index in [2.05, 4.69) is 113 Å². The number of benzene rings is 6. The maximum absolute atomic E-state index is 2.48.